The number of nitrogens with one attached hydrogen (secondary N) is 1. The summed E-state index contributed by atoms with van der Waals surface area (Å²) in [5.41, 5.74) is 1.74. The first kappa shape index (κ1) is 23.8. The van der Waals surface area contributed by atoms with Crippen molar-refractivity contribution >= 4 is 43.2 Å². The van der Waals surface area contributed by atoms with Crippen LogP contribution >= 0.6 is 11.3 Å². The first-order valence-electron chi connectivity index (χ1n) is 10.6. The highest BCUT2D eigenvalue weighted by atomic mass is 32.2. The van der Waals surface area contributed by atoms with E-state index in [2.05, 4.69) is 10.3 Å². The zero-order chi connectivity index (χ0) is 24.5. The van der Waals surface area contributed by atoms with Crippen molar-refractivity contribution in [2.75, 3.05) is 12.4 Å². The molecule has 0 aliphatic rings. The number of benzene rings is 2. The Balaban J connectivity index is 1.49. The van der Waals surface area contributed by atoms with Crippen LogP contribution in [0.1, 0.15) is 13.8 Å². The molecule has 0 atom stereocenters. The molecule has 176 valence electrons. The van der Waals surface area contributed by atoms with Crippen molar-refractivity contribution < 1.29 is 13.2 Å². The molecule has 0 radical (unpaired) electrons. The van der Waals surface area contributed by atoms with Gasteiger partial charge < -0.3 is 5.32 Å². The van der Waals surface area contributed by atoms with Crippen LogP contribution in [0.15, 0.2) is 76.7 Å². The second-order valence-corrected chi connectivity index (χ2v) is 11.1. The number of carbonyl (C=O) groups excluding carboxylic acids is 1. The van der Waals surface area contributed by atoms with E-state index in [4.69, 9.17) is 0 Å². The fourth-order valence-corrected chi connectivity index (χ4v) is 5.74. The van der Waals surface area contributed by atoms with Crippen LogP contribution in [0.5, 0.6) is 0 Å². The molecular formula is C24H24N4O4S2. The third-order valence-corrected chi connectivity index (χ3v) is 8.63. The van der Waals surface area contributed by atoms with Gasteiger partial charge in [-0.3, -0.25) is 14.2 Å². The van der Waals surface area contributed by atoms with Crippen LogP contribution in [0.25, 0.3) is 20.7 Å². The standard InChI is InChI=1S/C24H24N4O4S2/c1-16(2)27(3)34(31,32)19-11-9-18(10-12-19)26-22(29)14-28-15-25-20-13-21(33-23(20)24(28)30)17-7-5-4-6-8-17/h4-13,15-16H,14H2,1-3H3,(H,26,29). The molecule has 0 bridgehead atoms. The van der Waals surface area contributed by atoms with Crippen molar-refractivity contribution in [1.82, 2.24) is 13.9 Å². The van der Waals surface area contributed by atoms with Gasteiger partial charge in [-0.1, -0.05) is 30.3 Å². The Labute approximate surface area is 201 Å². The average molecular weight is 497 g/mol. The lowest BCUT2D eigenvalue weighted by molar-refractivity contribution is -0.116. The number of carbonyl (C=O) groups is 1. The second-order valence-electron chi connectivity index (χ2n) is 8.06. The van der Waals surface area contributed by atoms with Gasteiger partial charge in [-0.05, 0) is 49.7 Å². The van der Waals surface area contributed by atoms with Gasteiger partial charge in [0.2, 0.25) is 15.9 Å². The minimum absolute atomic E-state index is 0.138. The fraction of sp³-hybridized carbons (Fsp3) is 0.208. The Hall–Kier alpha value is -3.34. The average Bonchev–Trinajstić information content (AvgIpc) is 3.26. The van der Waals surface area contributed by atoms with Gasteiger partial charge in [0.1, 0.15) is 11.2 Å². The highest BCUT2D eigenvalue weighted by molar-refractivity contribution is 7.89. The maximum atomic E-state index is 12.9. The zero-order valence-electron chi connectivity index (χ0n) is 18.9. The number of anilines is 1. The van der Waals surface area contributed by atoms with E-state index in [0.29, 0.717) is 15.9 Å². The van der Waals surface area contributed by atoms with Crippen molar-refractivity contribution in [2.24, 2.45) is 0 Å². The van der Waals surface area contributed by atoms with Crippen LogP contribution in [0.3, 0.4) is 0 Å². The minimum Gasteiger partial charge on any atom is -0.325 e. The summed E-state index contributed by atoms with van der Waals surface area (Å²) in [5, 5.41) is 2.70. The van der Waals surface area contributed by atoms with Gasteiger partial charge in [0.05, 0.1) is 16.7 Å². The number of thiophene rings is 1. The number of nitrogens with zero attached hydrogens (tertiary/aromatic N) is 3. The molecule has 8 nitrogen and oxygen atoms in total. The number of fused-ring (bicyclic) bond motifs is 1. The number of amides is 1. The Morgan fingerprint density at radius 3 is 2.44 bits per heavy atom. The monoisotopic (exact) mass is 496 g/mol. The summed E-state index contributed by atoms with van der Waals surface area (Å²) in [6.07, 6.45) is 1.36. The lowest BCUT2D eigenvalue weighted by Gasteiger charge is -2.21. The van der Waals surface area contributed by atoms with Gasteiger partial charge in [0.15, 0.2) is 0 Å². The summed E-state index contributed by atoms with van der Waals surface area (Å²) in [6.45, 7) is 3.37. The predicted octanol–water partition coefficient (Wildman–Crippen LogP) is 3.79. The highest BCUT2D eigenvalue weighted by Crippen LogP contribution is 2.30. The van der Waals surface area contributed by atoms with Crippen molar-refractivity contribution in [3.8, 4) is 10.4 Å². The molecule has 4 rings (SSSR count). The maximum Gasteiger partial charge on any atom is 0.271 e. The molecule has 1 N–H and O–H groups in total. The lowest BCUT2D eigenvalue weighted by atomic mass is 10.2. The Morgan fingerprint density at radius 1 is 1.12 bits per heavy atom. The Kier molecular flexibility index (Phi) is 6.65. The molecule has 0 fully saturated rings. The van der Waals surface area contributed by atoms with Crippen LogP contribution in [-0.2, 0) is 21.4 Å². The lowest BCUT2D eigenvalue weighted by Crippen LogP contribution is -2.33. The molecule has 2 aromatic carbocycles. The van der Waals surface area contributed by atoms with Gasteiger partial charge in [0, 0.05) is 23.7 Å². The summed E-state index contributed by atoms with van der Waals surface area (Å²) in [6, 6.07) is 17.3. The Bertz CT molecular complexity index is 1490. The zero-order valence-corrected chi connectivity index (χ0v) is 20.6. The van der Waals surface area contributed by atoms with Crippen LogP contribution in [0, 0.1) is 0 Å². The highest BCUT2D eigenvalue weighted by Gasteiger charge is 2.23. The fourth-order valence-electron chi connectivity index (χ4n) is 3.31. The van der Waals surface area contributed by atoms with Crippen molar-refractivity contribution in [3.05, 3.63) is 77.3 Å². The van der Waals surface area contributed by atoms with Crippen LogP contribution in [0.2, 0.25) is 0 Å². The number of sulfonamides is 1. The molecule has 34 heavy (non-hydrogen) atoms. The molecule has 0 aliphatic carbocycles. The summed E-state index contributed by atoms with van der Waals surface area (Å²) < 4.78 is 28.2. The van der Waals surface area contributed by atoms with E-state index in [0.717, 1.165) is 10.4 Å². The first-order chi connectivity index (χ1) is 16.2. The second kappa shape index (κ2) is 9.49. The van der Waals surface area contributed by atoms with E-state index in [-0.39, 0.29) is 23.0 Å². The summed E-state index contributed by atoms with van der Waals surface area (Å²) >= 11 is 1.34. The molecule has 10 heteroatoms. The quantitative estimate of drug-likeness (QED) is 0.419. The van der Waals surface area contributed by atoms with Crippen LogP contribution in [-0.4, -0.2) is 41.3 Å². The molecule has 4 aromatic rings. The van der Waals surface area contributed by atoms with E-state index in [1.165, 1.54) is 57.8 Å². The molecule has 0 saturated heterocycles. The van der Waals surface area contributed by atoms with E-state index in [1.54, 1.807) is 13.8 Å². The molecule has 1 amide bonds. The molecule has 0 aliphatic heterocycles. The number of rotatable bonds is 7. The SMILES string of the molecule is CC(C)N(C)S(=O)(=O)c1ccc(NC(=O)Cn2cnc3cc(-c4ccccc4)sc3c2=O)cc1. The number of hydrogen-bond donors (Lipinski definition) is 1. The van der Waals surface area contributed by atoms with Crippen molar-refractivity contribution in [2.45, 2.75) is 31.3 Å². The van der Waals surface area contributed by atoms with Crippen molar-refractivity contribution in [1.29, 1.82) is 0 Å². The normalized spacial score (nSPS) is 11.9. The molecule has 0 spiro atoms. The topological polar surface area (TPSA) is 101 Å². The molecule has 2 heterocycles. The summed E-state index contributed by atoms with van der Waals surface area (Å²) in [5.74, 6) is -0.419. The molecule has 0 unspecified atom stereocenters. The van der Waals surface area contributed by atoms with Crippen molar-refractivity contribution in [3.63, 3.8) is 0 Å². The predicted molar refractivity (Wildman–Crippen MR) is 134 cm³/mol. The van der Waals surface area contributed by atoms with E-state index in [9.17, 15) is 18.0 Å². The van der Waals surface area contributed by atoms with Crippen LogP contribution in [0.4, 0.5) is 5.69 Å². The molecule has 2 aromatic heterocycles. The van der Waals surface area contributed by atoms with Gasteiger partial charge in [-0.25, -0.2) is 13.4 Å². The summed E-state index contributed by atoms with van der Waals surface area (Å²) in [7, 11) is -2.09. The largest absolute Gasteiger partial charge is 0.325 e. The minimum atomic E-state index is -3.61. The maximum absolute atomic E-state index is 12.9. The van der Waals surface area contributed by atoms with E-state index >= 15 is 0 Å². The molecule has 0 saturated carbocycles. The van der Waals surface area contributed by atoms with Gasteiger partial charge in [-0.15, -0.1) is 11.3 Å². The smallest absolute Gasteiger partial charge is 0.271 e. The van der Waals surface area contributed by atoms with E-state index in [1.807, 2.05) is 36.4 Å². The van der Waals surface area contributed by atoms with E-state index < -0.39 is 15.9 Å². The van der Waals surface area contributed by atoms with Gasteiger partial charge in [-0.2, -0.15) is 4.31 Å². The molecular weight excluding hydrogens is 472 g/mol. The Morgan fingerprint density at radius 2 is 1.79 bits per heavy atom. The number of aromatic nitrogens is 2. The third-order valence-electron chi connectivity index (χ3n) is 5.42. The first-order valence-corrected chi connectivity index (χ1v) is 12.8. The van der Waals surface area contributed by atoms with Gasteiger partial charge in [0.25, 0.3) is 5.56 Å². The third kappa shape index (κ3) is 4.79. The summed E-state index contributed by atoms with van der Waals surface area (Å²) in [4.78, 5) is 30.9. The number of hydrogen-bond acceptors (Lipinski definition) is 6. The van der Waals surface area contributed by atoms with Gasteiger partial charge >= 0.3 is 0 Å². The van der Waals surface area contributed by atoms with Crippen LogP contribution < -0.4 is 10.9 Å².